The number of hydrogen-bond donors (Lipinski definition) is 3. The molecule has 0 spiro atoms. The van der Waals surface area contributed by atoms with Crippen molar-refractivity contribution >= 4 is 5.91 Å². The lowest BCUT2D eigenvalue weighted by Crippen LogP contribution is -2.42. The molecule has 3 atom stereocenters. The standard InChI is InChI=1S/C12H20N2O2/c1-2-4-11(13)12(16)14-7-9-5-3-6-10(9)8-15/h1,9-11,15H,3-8,13H2,(H,14,16). The van der Waals surface area contributed by atoms with Crippen molar-refractivity contribution < 1.29 is 9.90 Å². The highest BCUT2D eigenvalue weighted by Gasteiger charge is 2.27. The molecule has 0 saturated heterocycles. The maximum atomic E-state index is 11.5. The Morgan fingerprint density at radius 1 is 1.56 bits per heavy atom. The number of hydrogen-bond acceptors (Lipinski definition) is 3. The van der Waals surface area contributed by atoms with Gasteiger partial charge in [0.25, 0.3) is 0 Å². The van der Waals surface area contributed by atoms with Gasteiger partial charge in [0.1, 0.15) is 0 Å². The monoisotopic (exact) mass is 224 g/mol. The van der Waals surface area contributed by atoms with Crippen LogP contribution >= 0.6 is 0 Å². The van der Waals surface area contributed by atoms with E-state index in [1.807, 2.05) is 0 Å². The summed E-state index contributed by atoms with van der Waals surface area (Å²) in [6.07, 6.45) is 8.59. The molecule has 4 heteroatoms. The summed E-state index contributed by atoms with van der Waals surface area (Å²) in [5.74, 6) is 2.88. The molecule has 0 aromatic heterocycles. The third-order valence-electron chi connectivity index (χ3n) is 3.26. The molecule has 16 heavy (non-hydrogen) atoms. The summed E-state index contributed by atoms with van der Waals surface area (Å²) in [5.41, 5.74) is 5.58. The average molecular weight is 224 g/mol. The first kappa shape index (κ1) is 13.0. The van der Waals surface area contributed by atoms with Gasteiger partial charge in [-0.15, -0.1) is 12.3 Å². The molecule has 0 radical (unpaired) electrons. The lowest BCUT2D eigenvalue weighted by Gasteiger charge is -2.18. The number of aliphatic hydroxyl groups is 1. The summed E-state index contributed by atoms with van der Waals surface area (Å²) in [5, 5.41) is 11.9. The fourth-order valence-corrected chi connectivity index (χ4v) is 2.21. The third-order valence-corrected chi connectivity index (χ3v) is 3.26. The van der Waals surface area contributed by atoms with Crippen molar-refractivity contribution in [3.05, 3.63) is 0 Å². The molecule has 1 saturated carbocycles. The van der Waals surface area contributed by atoms with Gasteiger partial charge in [0, 0.05) is 19.6 Å². The number of terminal acetylenes is 1. The molecule has 1 aliphatic carbocycles. The van der Waals surface area contributed by atoms with Crippen LogP contribution in [0.3, 0.4) is 0 Å². The first-order chi connectivity index (χ1) is 7.69. The fourth-order valence-electron chi connectivity index (χ4n) is 2.21. The summed E-state index contributed by atoms with van der Waals surface area (Å²) >= 11 is 0. The molecule has 0 heterocycles. The van der Waals surface area contributed by atoms with Crippen LogP contribution in [0.15, 0.2) is 0 Å². The Balaban J connectivity index is 2.29. The van der Waals surface area contributed by atoms with Gasteiger partial charge in [-0.1, -0.05) is 6.42 Å². The van der Waals surface area contributed by atoms with Crippen LogP contribution in [0, 0.1) is 24.2 Å². The van der Waals surface area contributed by atoms with E-state index in [0.29, 0.717) is 18.4 Å². The maximum absolute atomic E-state index is 11.5. The SMILES string of the molecule is C#CCC(N)C(=O)NCC1CCCC1CO. The zero-order valence-corrected chi connectivity index (χ0v) is 9.48. The van der Waals surface area contributed by atoms with Crippen molar-refractivity contribution in [2.24, 2.45) is 17.6 Å². The quantitative estimate of drug-likeness (QED) is 0.569. The first-order valence-electron chi connectivity index (χ1n) is 5.76. The molecule has 4 N–H and O–H groups in total. The topological polar surface area (TPSA) is 75.4 Å². The minimum atomic E-state index is -0.612. The first-order valence-corrected chi connectivity index (χ1v) is 5.76. The van der Waals surface area contributed by atoms with Crippen LogP contribution in [0.4, 0.5) is 0 Å². The second-order valence-corrected chi connectivity index (χ2v) is 4.39. The molecule has 0 aromatic carbocycles. The number of nitrogens with two attached hydrogens (primary N) is 1. The highest BCUT2D eigenvalue weighted by molar-refractivity contribution is 5.81. The van der Waals surface area contributed by atoms with Crippen molar-refractivity contribution in [3.63, 3.8) is 0 Å². The number of carbonyl (C=O) groups is 1. The lowest BCUT2D eigenvalue weighted by molar-refractivity contribution is -0.122. The molecule has 90 valence electrons. The lowest BCUT2D eigenvalue weighted by atomic mass is 9.97. The number of nitrogens with one attached hydrogen (secondary N) is 1. The Morgan fingerprint density at radius 2 is 2.25 bits per heavy atom. The normalized spacial score (nSPS) is 26.1. The van der Waals surface area contributed by atoms with E-state index >= 15 is 0 Å². The highest BCUT2D eigenvalue weighted by Crippen LogP contribution is 2.30. The van der Waals surface area contributed by atoms with Gasteiger partial charge >= 0.3 is 0 Å². The molecule has 1 rings (SSSR count). The van der Waals surface area contributed by atoms with E-state index in [4.69, 9.17) is 17.3 Å². The molecule has 4 nitrogen and oxygen atoms in total. The molecule has 0 bridgehead atoms. The molecule has 1 amide bonds. The Morgan fingerprint density at radius 3 is 2.88 bits per heavy atom. The molecule has 1 aliphatic rings. The zero-order valence-electron chi connectivity index (χ0n) is 9.48. The Bertz CT molecular complexity index is 273. The zero-order chi connectivity index (χ0) is 12.0. The van der Waals surface area contributed by atoms with E-state index in [0.717, 1.165) is 19.3 Å². The van der Waals surface area contributed by atoms with Gasteiger partial charge < -0.3 is 16.2 Å². The summed E-state index contributed by atoms with van der Waals surface area (Å²) in [6, 6.07) is -0.612. The second kappa shape index (κ2) is 6.51. The van der Waals surface area contributed by atoms with E-state index < -0.39 is 6.04 Å². The Hall–Kier alpha value is -1.05. The van der Waals surface area contributed by atoms with Crippen molar-refractivity contribution in [1.82, 2.24) is 5.32 Å². The number of carbonyl (C=O) groups excluding carboxylic acids is 1. The molecule has 3 unspecified atom stereocenters. The fraction of sp³-hybridized carbons (Fsp3) is 0.750. The molecule has 0 aliphatic heterocycles. The smallest absolute Gasteiger partial charge is 0.237 e. The van der Waals surface area contributed by atoms with Gasteiger partial charge in [-0.3, -0.25) is 4.79 Å². The Kier molecular flexibility index (Phi) is 5.30. The van der Waals surface area contributed by atoms with Crippen molar-refractivity contribution in [2.75, 3.05) is 13.2 Å². The summed E-state index contributed by atoms with van der Waals surface area (Å²) in [6.45, 7) is 0.805. The predicted molar refractivity (Wildman–Crippen MR) is 62.4 cm³/mol. The van der Waals surface area contributed by atoms with Gasteiger partial charge in [-0.25, -0.2) is 0 Å². The van der Waals surface area contributed by atoms with Crippen LogP contribution in [-0.4, -0.2) is 30.2 Å². The molecule has 0 aromatic rings. The van der Waals surface area contributed by atoms with E-state index in [-0.39, 0.29) is 18.9 Å². The van der Waals surface area contributed by atoms with E-state index in [1.165, 1.54) is 0 Å². The Labute approximate surface area is 96.6 Å². The van der Waals surface area contributed by atoms with Crippen molar-refractivity contribution in [2.45, 2.75) is 31.7 Å². The number of amides is 1. The third kappa shape index (κ3) is 3.51. The van der Waals surface area contributed by atoms with Crippen LogP contribution in [0.2, 0.25) is 0 Å². The molecule has 1 fully saturated rings. The van der Waals surface area contributed by atoms with Crippen molar-refractivity contribution in [3.8, 4) is 12.3 Å². The number of rotatable bonds is 5. The minimum Gasteiger partial charge on any atom is -0.396 e. The van der Waals surface area contributed by atoms with E-state index in [9.17, 15) is 4.79 Å². The summed E-state index contributed by atoms with van der Waals surface area (Å²) in [7, 11) is 0. The van der Waals surface area contributed by atoms with Crippen LogP contribution in [0.1, 0.15) is 25.7 Å². The largest absolute Gasteiger partial charge is 0.396 e. The van der Waals surface area contributed by atoms with Crippen LogP contribution in [-0.2, 0) is 4.79 Å². The van der Waals surface area contributed by atoms with E-state index in [1.54, 1.807) is 0 Å². The van der Waals surface area contributed by atoms with Gasteiger partial charge in [-0.05, 0) is 24.7 Å². The van der Waals surface area contributed by atoms with Crippen LogP contribution < -0.4 is 11.1 Å². The van der Waals surface area contributed by atoms with E-state index in [2.05, 4.69) is 11.2 Å². The maximum Gasteiger partial charge on any atom is 0.237 e. The molecular formula is C12H20N2O2. The summed E-state index contributed by atoms with van der Waals surface area (Å²) in [4.78, 5) is 11.5. The predicted octanol–water partition coefficient (Wildman–Crippen LogP) is -0.138. The van der Waals surface area contributed by atoms with Crippen LogP contribution in [0.5, 0.6) is 0 Å². The van der Waals surface area contributed by atoms with Gasteiger partial charge in [-0.2, -0.15) is 0 Å². The van der Waals surface area contributed by atoms with Gasteiger partial charge in [0.05, 0.1) is 6.04 Å². The second-order valence-electron chi connectivity index (χ2n) is 4.39. The van der Waals surface area contributed by atoms with Crippen LogP contribution in [0.25, 0.3) is 0 Å². The average Bonchev–Trinajstić information content (AvgIpc) is 2.73. The van der Waals surface area contributed by atoms with Crippen molar-refractivity contribution in [1.29, 1.82) is 0 Å². The minimum absolute atomic E-state index is 0.193. The number of aliphatic hydroxyl groups excluding tert-OH is 1. The summed E-state index contributed by atoms with van der Waals surface area (Å²) < 4.78 is 0. The highest BCUT2D eigenvalue weighted by atomic mass is 16.3. The van der Waals surface area contributed by atoms with Gasteiger partial charge in [0.2, 0.25) is 5.91 Å². The van der Waals surface area contributed by atoms with Gasteiger partial charge in [0.15, 0.2) is 0 Å². The molecular weight excluding hydrogens is 204 g/mol.